The van der Waals surface area contributed by atoms with E-state index in [0.717, 1.165) is 0 Å². The predicted octanol–water partition coefficient (Wildman–Crippen LogP) is 3.20. The number of rotatable bonds is 7. The third-order valence-electron chi connectivity index (χ3n) is 5.58. The monoisotopic (exact) mass is 525 g/mol. The molecule has 2 N–H and O–H groups in total. The van der Waals surface area contributed by atoms with Gasteiger partial charge in [-0.05, 0) is 48.5 Å². The molecule has 2 heterocycles. The Kier molecular flexibility index (Phi) is 6.58. The summed E-state index contributed by atoms with van der Waals surface area (Å²) in [5, 5.41) is 3.07. The molecule has 0 radical (unpaired) electrons. The zero-order valence-electron chi connectivity index (χ0n) is 19.0. The molecular weight excluding hydrogens is 502 g/mol. The van der Waals surface area contributed by atoms with Gasteiger partial charge in [0.05, 0.1) is 34.0 Å². The summed E-state index contributed by atoms with van der Waals surface area (Å²) < 4.78 is 60.9. The van der Waals surface area contributed by atoms with Gasteiger partial charge in [0.2, 0.25) is 10.0 Å². The van der Waals surface area contributed by atoms with Crippen LogP contribution in [0.2, 0.25) is 0 Å². The number of anilines is 3. The number of ether oxygens (including phenoxy) is 1. The normalized spacial score (nSPS) is 15.0. The van der Waals surface area contributed by atoms with E-state index in [1.54, 1.807) is 54.6 Å². The fourth-order valence-corrected chi connectivity index (χ4v) is 6.17. The summed E-state index contributed by atoms with van der Waals surface area (Å²) in [5.74, 6) is 0.194. The van der Waals surface area contributed by atoms with E-state index >= 15 is 0 Å². The van der Waals surface area contributed by atoms with E-state index in [4.69, 9.17) is 4.74 Å². The number of fused-ring (bicyclic) bond motifs is 1. The second kappa shape index (κ2) is 9.82. The Morgan fingerprint density at radius 1 is 0.694 bits per heavy atom. The van der Waals surface area contributed by atoms with Gasteiger partial charge >= 0.3 is 0 Å². The molecule has 4 aromatic rings. The van der Waals surface area contributed by atoms with Crippen molar-refractivity contribution in [2.24, 2.45) is 0 Å². The number of hydrogen-bond donors (Lipinski definition) is 2. The average molecular weight is 526 g/mol. The summed E-state index contributed by atoms with van der Waals surface area (Å²) in [6.07, 6.45) is 0. The van der Waals surface area contributed by atoms with Crippen LogP contribution >= 0.6 is 0 Å². The number of morpholine rings is 1. The van der Waals surface area contributed by atoms with Crippen molar-refractivity contribution in [3.63, 3.8) is 0 Å². The minimum atomic E-state index is -3.92. The highest BCUT2D eigenvalue weighted by Crippen LogP contribution is 2.28. The molecule has 10 nitrogen and oxygen atoms in total. The molecule has 12 heteroatoms. The van der Waals surface area contributed by atoms with Crippen LogP contribution in [0.25, 0.3) is 11.0 Å². The van der Waals surface area contributed by atoms with Crippen LogP contribution < -0.4 is 10.0 Å². The molecule has 5 rings (SSSR count). The lowest BCUT2D eigenvalue weighted by molar-refractivity contribution is 0.0730. The van der Waals surface area contributed by atoms with Gasteiger partial charge < -0.3 is 10.1 Å². The molecule has 0 atom stereocenters. The van der Waals surface area contributed by atoms with Crippen molar-refractivity contribution < 1.29 is 21.6 Å². The maximum Gasteiger partial charge on any atom is 0.263 e. The van der Waals surface area contributed by atoms with Crippen LogP contribution in [-0.2, 0) is 24.8 Å². The Morgan fingerprint density at radius 3 is 1.92 bits per heavy atom. The summed E-state index contributed by atoms with van der Waals surface area (Å²) in [6.45, 7) is 1.34. The van der Waals surface area contributed by atoms with Gasteiger partial charge in [-0.3, -0.25) is 4.72 Å². The van der Waals surface area contributed by atoms with E-state index in [1.165, 1.54) is 28.6 Å². The van der Waals surface area contributed by atoms with Crippen molar-refractivity contribution >= 4 is 48.4 Å². The van der Waals surface area contributed by atoms with Crippen molar-refractivity contribution in [3.8, 4) is 0 Å². The highest BCUT2D eigenvalue weighted by Gasteiger charge is 2.26. The summed E-state index contributed by atoms with van der Waals surface area (Å²) in [5.41, 5.74) is 1.59. The van der Waals surface area contributed by atoms with Crippen LogP contribution in [-0.4, -0.2) is 57.4 Å². The van der Waals surface area contributed by atoms with Crippen molar-refractivity contribution in [1.29, 1.82) is 0 Å². The fraction of sp³-hybridized carbons (Fsp3) is 0.167. The molecule has 36 heavy (non-hydrogen) atoms. The molecule has 0 spiro atoms. The Hall–Kier alpha value is -3.58. The second-order valence-electron chi connectivity index (χ2n) is 7.99. The molecule has 1 aromatic heterocycles. The lowest BCUT2D eigenvalue weighted by Gasteiger charge is -2.26. The quantitative estimate of drug-likeness (QED) is 0.376. The van der Waals surface area contributed by atoms with Crippen molar-refractivity contribution in [3.05, 3.63) is 78.9 Å². The third-order valence-corrected chi connectivity index (χ3v) is 8.85. The molecule has 1 saturated heterocycles. The topological polar surface area (TPSA) is 131 Å². The molecule has 3 aromatic carbocycles. The van der Waals surface area contributed by atoms with Gasteiger partial charge in [0.1, 0.15) is 0 Å². The maximum atomic E-state index is 13.0. The minimum absolute atomic E-state index is 0.0163. The SMILES string of the molecule is O=S(=O)(Nc1nc2ccccc2nc1Nc1ccc(S(=O)(=O)N2CCOCC2)cc1)c1ccccc1. The first-order valence-corrected chi connectivity index (χ1v) is 14.0. The van der Waals surface area contributed by atoms with Gasteiger partial charge in [-0.15, -0.1) is 0 Å². The van der Waals surface area contributed by atoms with Gasteiger partial charge in [0.25, 0.3) is 10.0 Å². The molecule has 0 amide bonds. The highest BCUT2D eigenvalue weighted by molar-refractivity contribution is 7.92. The molecule has 0 bridgehead atoms. The van der Waals surface area contributed by atoms with Gasteiger partial charge in [-0.2, -0.15) is 4.31 Å². The Morgan fingerprint density at radius 2 is 1.28 bits per heavy atom. The first kappa shape index (κ1) is 24.1. The van der Waals surface area contributed by atoms with Crippen LogP contribution in [0.15, 0.2) is 88.7 Å². The van der Waals surface area contributed by atoms with Crippen LogP contribution in [0.1, 0.15) is 0 Å². The Labute approximate surface area is 209 Å². The number of aromatic nitrogens is 2. The number of nitrogens with zero attached hydrogens (tertiary/aromatic N) is 3. The van der Waals surface area contributed by atoms with E-state index in [1.807, 2.05) is 0 Å². The zero-order chi connectivity index (χ0) is 25.2. The third kappa shape index (κ3) is 5.02. The zero-order valence-corrected chi connectivity index (χ0v) is 20.7. The van der Waals surface area contributed by atoms with Crippen LogP contribution in [0.4, 0.5) is 17.3 Å². The summed E-state index contributed by atoms with van der Waals surface area (Å²) in [4.78, 5) is 9.27. The van der Waals surface area contributed by atoms with E-state index in [-0.39, 0.29) is 21.4 Å². The number of nitrogens with one attached hydrogen (secondary N) is 2. The molecular formula is C24H23N5O5S2. The van der Waals surface area contributed by atoms with Crippen molar-refractivity contribution in [1.82, 2.24) is 14.3 Å². The van der Waals surface area contributed by atoms with Crippen LogP contribution in [0.5, 0.6) is 0 Å². The van der Waals surface area contributed by atoms with Crippen molar-refractivity contribution in [2.45, 2.75) is 9.79 Å². The predicted molar refractivity (Wildman–Crippen MR) is 136 cm³/mol. The fourth-order valence-electron chi connectivity index (χ4n) is 3.73. The van der Waals surface area contributed by atoms with Crippen LogP contribution in [0, 0.1) is 0 Å². The van der Waals surface area contributed by atoms with E-state index in [2.05, 4.69) is 20.0 Å². The summed E-state index contributed by atoms with van der Waals surface area (Å²) >= 11 is 0. The second-order valence-corrected chi connectivity index (χ2v) is 11.6. The number of benzene rings is 3. The largest absolute Gasteiger partial charge is 0.379 e. The van der Waals surface area contributed by atoms with E-state index in [9.17, 15) is 16.8 Å². The first-order valence-electron chi connectivity index (χ1n) is 11.1. The number of para-hydroxylation sites is 2. The van der Waals surface area contributed by atoms with Crippen LogP contribution in [0.3, 0.4) is 0 Å². The molecule has 1 fully saturated rings. The molecule has 1 aliphatic rings. The van der Waals surface area contributed by atoms with Crippen molar-refractivity contribution in [2.75, 3.05) is 36.3 Å². The first-order chi connectivity index (χ1) is 17.3. The average Bonchev–Trinajstić information content (AvgIpc) is 2.90. The minimum Gasteiger partial charge on any atom is -0.379 e. The lowest BCUT2D eigenvalue weighted by atomic mass is 10.3. The Bertz CT molecular complexity index is 1590. The summed E-state index contributed by atoms with van der Waals surface area (Å²) in [6, 6.07) is 21.2. The van der Waals surface area contributed by atoms with E-state index < -0.39 is 20.0 Å². The summed E-state index contributed by atoms with van der Waals surface area (Å²) in [7, 11) is -7.56. The van der Waals surface area contributed by atoms with E-state index in [0.29, 0.717) is 43.0 Å². The smallest absolute Gasteiger partial charge is 0.263 e. The molecule has 1 aliphatic heterocycles. The van der Waals surface area contributed by atoms with Gasteiger partial charge in [0, 0.05) is 18.8 Å². The molecule has 186 valence electrons. The highest BCUT2D eigenvalue weighted by atomic mass is 32.2. The molecule has 0 saturated carbocycles. The van der Waals surface area contributed by atoms with Gasteiger partial charge in [0.15, 0.2) is 11.6 Å². The maximum absolute atomic E-state index is 13.0. The lowest BCUT2D eigenvalue weighted by Crippen LogP contribution is -2.40. The molecule has 0 unspecified atom stereocenters. The van der Waals surface area contributed by atoms with Gasteiger partial charge in [-0.25, -0.2) is 26.8 Å². The number of sulfonamides is 2. The van der Waals surface area contributed by atoms with Gasteiger partial charge in [-0.1, -0.05) is 30.3 Å². The standard InChI is InChI=1S/C24H23N5O5S2/c30-35(31,19-6-2-1-3-7-19)28-24-23(26-21-8-4-5-9-22(21)27-24)25-18-10-12-20(13-11-18)36(32,33)29-14-16-34-17-15-29/h1-13H,14-17H2,(H,25,26)(H,27,28). The molecule has 0 aliphatic carbocycles. The Balaban J connectivity index is 1.46. The number of hydrogen-bond acceptors (Lipinski definition) is 8.